The number of fused-ring (bicyclic) bond motifs is 2. The number of anilines is 1. The van der Waals surface area contributed by atoms with Crippen LogP contribution in [0.3, 0.4) is 0 Å². The van der Waals surface area contributed by atoms with Crippen molar-refractivity contribution in [3.63, 3.8) is 0 Å². The summed E-state index contributed by atoms with van der Waals surface area (Å²) in [4.78, 5) is 21.0. The topological polar surface area (TPSA) is 57.8 Å². The number of carbonyl (C=O) groups is 1. The van der Waals surface area contributed by atoms with E-state index in [-0.39, 0.29) is 5.91 Å². The monoisotopic (exact) mass is 377 g/mol. The van der Waals surface area contributed by atoms with Gasteiger partial charge in [-0.25, -0.2) is 4.98 Å². The molecular weight excluding hydrogens is 358 g/mol. The zero-order chi connectivity index (χ0) is 19.8. The quantitative estimate of drug-likeness (QED) is 0.408. The van der Waals surface area contributed by atoms with Crippen LogP contribution in [-0.4, -0.2) is 15.9 Å². The molecule has 1 heterocycles. The lowest BCUT2D eigenvalue weighted by Crippen LogP contribution is -2.13. The third kappa shape index (κ3) is 3.15. The highest BCUT2D eigenvalue weighted by molar-refractivity contribution is 6.13. The van der Waals surface area contributed by atoms with E-state index in [4.69, 9.17) is 0 Å². The van der Waals surface area contributed by atoms with Crippen molar-refractivity contribution in [2.75, 3.05) is 5.32 Å². The highest BCUT2D eigenvalue weighted by atomic mass is 16.1. The molecule has 4 aromatic carbocycles. The largest absolute Gasteiger partial charge is 0.338 e. The minimum atomic E-state index is -0.119. The van der Waals surface area contributed by atoms with Crippen LogP contribution in [-0.2, 0) is 0 Å². The third-order valence-electron chi connectivity index (χ3n) is 5.18. The molecule has 0 aliphatic carbocycles. The number of carbonyl (C=O) groups excluding carboxylic acids is 1. The Hall–Kier alpha value is -3.92. The van der Waals surface area contributed by atoms with E-state index in [0.29, 0.717) is 5.56 Å². The van der Waals surface area contributed by atoms with E-state index >= 15 is 0 Å². The number of nitrogens with zero attached hydrogens (tertiary/aromatic N) is 1. The number of nitrogens with one attached hydrogen (secondary N) is 2. The summed E-state index contributed by atoms with van der Waals surface area (Å²) in [6.45, 7) is 1.99. The minimum absolute atomic E-state index is 0.119. The molecular formula is C25H19N3O. The molecule has 0 saturated carbocycles. The summed E-state index contributed by atoms with van der Waals surface area (Å²) in [6.07, 6.45) is 0. The number of hydrogen-bond donors (Lipinski definition) is 2. The predicted molar refractivity (Wildman–Crippen MR) is 118 cm³/mol. The molecule has 1 amide bonds. The Balaban J connectivity index is 1.51. The Morgan fingerprint density at radius 1 is 0.897 bits per heavy atom. The fraction of sp³-hybridized carbons (Fsp3) is 0.0400. The number of amides is 1. The number of rotatable bonds is 3. The molecule has 0 saturated heterocycles. The number of hydrogen-bond acceptors (Lipinski definition) is 2. The van der Waals surface area contributed by atoms with Gasteiger partial charge in [-0.15, -0.1) is 0 Å². The Kier molecular flexibility index (Phi) is 4.10. The maximum absolute atomic E-state index is 13.0. The predicted octanol–water partition coefficient (Wildman–Crippen LogP) is 5.94. The first-order valence-corrected chi connectivity index (χ1v) is 9.54. The van der Waals surface area contributed by atoms with Crippen molar-refractivity contribution in [1.82, 2.24) is 9.97 Å². The van der Waals surface area contributed by atoms with E-state index in [1.54, 1.807) is 0 Å². The summed E-state index contributed by atoms with van der Waals surface area (Å²) < 4.78 is 0. The second-order valence-corrected chi connectivity index (χ2v) is 7.11. The smallest absolute Gasteiger partial charge is 0.256 e. The normalized spacial score (nSPS) is 11.1. The number of H-pyrrole nitrogens is 1. The molecule has 0 aliphatic heterocycles. The summed E-state index contributed by atoms with van der Waals surface area (Å²) in [5.74, 6) is 0.665. The summed E-state index contributed by atoms with van der Waals surface area (Å²) in [6, 6.07) is 27.6. The van der Waals surface area contributed by atoms with Crippen molar-refractivity contribution >= 4 is 33.4 Å². The van der Waals surface area contributed by atoms with E-state index < -0.39 is 0 Å². The van der Waals surface area contributed by atoms with E-state index in [0.717, 1.165) is 44.4 Å². The molecule has 2 N–H and O–H groups in total. The van der Waals surface area contributed by atoms with Crippen molar-refractivity contribution in [2.45, 2.75) is 6.92 Å². The van der Waals surface area contributed by atoms with Gasteiger partial charge in [0.25, 0.3) is 5.91 Å². The Morgan fingerprint density at radius 3 is 2.59 bits per heavy atom. The first-order valence-electron chi connectivity index (χ1n) is 9.54. The highest BCUT2D eigenvalue weighted by Gasteiger charge is 2.13. The van der Waals surface area contributed by atoms with Gasteiger partial charge in [0.2, 0.25) is 0 Å². The molecule has 0 aliphatic rings. The lowest BCUT2D eigenvalue weighted by molar-refractivity contribution is 0.102. The van der Waals surface area contributed by atoms with Gasteiger partial charge in [0.1, 0.15) is 5.82 Å². The van der Waals surface area contributed by atoms with Crippen LogP contribution in [0.2, 0.25) is 0 Å². The van der Waals surface area contributed by atoms with E-state index in [2.05, 4.69) is 15.3 Å². The lowest BCUT2D eigenvalue weighted by Gasteiger charge is -2.11. The van der Waals surface area contributed by atoms with Crippen LogP contribution < -0.4 is 5.32 Å². The van der Waals surface area contributed by atoms with E-state index in [9.17, 15) is 4.79 Å². The van der Waals surface area contributed by atoms with Crippen LogP contribution >= 0.6 is 0 Å². The Morgan fingerprint density at radius 2 is 1.69 bits per heavy atom. The molecule has 1 aromatic heterocycles. The average Bonchev–Trinajstić information content (AvgIpc) is 3.19. The SMILES string of the molecule is Cc1ccc(-c2nc3ccccc3[nH]2)cc1NC(=O)c1cccc2ccccc12. The zero-order valence-corrected chi connectivity index (χ0v) is 15.9. The number of imidazole rings is 1. The first-order chi connectivity index (χ1) is 14.2. The molecule has 5 rings (SSSR count). The molecule has 0 radical (unpaired) electrons. The molecule has 0 atom stereocenters. The minimum Gasteiger partial charge on any atom is -0.338 e. The number of para-hydroxylation sites is 2. The summed E-state index contributed by atoms with van der Waals surface area (Å²) >= 11 is 0. The number of aromatic nitrogens is 2. The van der Waals surface area contributed by atoms with Crippen molar-refractivity contribution in [3.05, 3.63) is 96.1 Å². The van der Waals surface area contributed by atoms with E-state index in [1.807, 2.05) is 91.9 Å². The molecule has 140 valence electrons. The standard InChI is InChI=1S/C25H19N3O/c1-16-13-14-18(24-26-21-11-4-5-12-22(21)27-24)15-23(16)28-25(29)20-10-6-8-17-7-2-3-9-19(17)20/h2-15H,1H3,(H,26,27)(H,28,29). The fourth-order valence-electron chi connectivity index (χ4n) is 3.61. The highest BCUT2D eigenvalue weighted by Crippen LogP contribution is 2.27. The van der Waals surface area contributed by atoms with Gasteiger partial charge in [-0.3, -0.25) is 4.79 Å². The maximum Gasteiger partial charge on any atom is 0.256 e. The molecule has 4 nitrogen and oxygen atoms in total. The van der Waals surface area contributed by atoms with Gasteiger partial charge in [0, 0.05) is 16.8 Å². The molecule has 0 fully saturated rings. The van der Waals surface area contributed by atoms with Crippen LogP contribution in [0.15, 0.2) is 84.9 Å². The average molecular weight is 377 g/mol. The van der Waals surface area contributed by atoms with Gasteiger partial charge in [-0.05, 0) is 47.5 Å². The van der Waals surface area contributed by atoms with Gasteiger partial charge in [-0.2, -0.15) is 0 Å². The summed E-state index contributed by atoms with van der Waals surface area (Å²) in [5, 5.41) is 5.07. The van der Waals surface area contributed by atoms with Gasteiger partial charge in [-0.1, -0.05) is 60.7 Å². The van der Waals surface area contributed by atoms with Crippen molar-refractivity contribution in [1.29, 1.82) is 0 Å². The van der Waals surface area contributed by atoms with Crippen LogP contribution in [0, 0.1) is 6.92 Å². The summed E-state index contributed by atoms with van der Waals surface area (Å²) in [5.41, 5.74) is 5.28. The van der Waals surface area contributed by atoms with Crippen LogP contribution in [0.1, 0.15) is 15.9 Å². The van der Waals surface area contributed by atoms with Crippen LogP contribution in [0.5, 0.6) is 0 Å². The molecule has 5 aromatic rings. The molecule has 4 heteroatoms. The molecule has 0 spiro atoms. The second kappa shape index (κ2) is 6.91. The third-order valence-corrected chi connectivity index (χ3v) is 5.18. The number of aromatic amines is 1. The summed E-state index contributed by atoms with van der Waals surface area (Å²) in [7, 11) is 0. The van der Waals surface area contributed by atoms with Gasteiger partial charge in [0.15, 0.2) is 0 Å². The van der Waals surface area contributed by atoms with Crippen molar-refractivity contribution < 1.29 is 4.79 Å². The van der Waals surface area contributed by atoms with Crippen LogP contribution in [0.4, 0.5) is 5.69 Å². The fourth-order valence-corrected chi connectivity index (χ4v) is 3.61. The maximum atomic E-state index is 13.0. The van der Waals surface area contributed by atoms with Crippen molar-refractivity contribution in [2.24, 2.45) is 0 Å². The van der Waals surface area contributed by atoms with Gasteiger partial charge >= 0.3 is 0 Å². The lowest BCUT2D eigenvalue weighted by atomic mass is 10.0. The Bertz CT molecular complexity index is 1330. The van der Waals surface area contributed by atoms with Gasteiger partial charge < -0.3 is 10.3 Å². The van der Waals surface area contributed by atoms with Gasteiger partial charge in [0.05, 0.1) is 11.0 Å². The Labute approximate surface area is 168 Å². The number of benzene rings is 4. The number of aryl methyl sites for hydroxylation is 1. The zero-order valence-electron chi connectivity index (χ0n) is 15.9. The molecule has 0 unspecified atom stereocenters. The first kappa shape index (κ1) is 17.2. The van der Waals surface area contributed by atoms with E-state index in [1.165, 1.54) is 0 Å². The molecule has 0 bridgehead atoms. The van der Waals surface area contributed by atoms with Crippen molar-refractivity contribution in [3.8, 4) is 11.4 Å². The molecule has 29 heavy (non-hydrogen) atoms. The second-order valence-electron chi connectivity index (χ2n) is 7.11. The van der Waals surface area contributed by atoms with Crippen LogP contribution in [0.25, 0.3) is 33.2 Å².